The van der Waals surface area contributed by atoms with E-state index >= 15 is 0 Å². The fourth-order valence-electron chi connectivity index (χ4n) is 2.11. The van der Waals surface area contributed by atoms with E-state index in [2.05, 4.69) is 11.4 Å². The van der Waals surface area contributed by atoms with Crippen LogP contribution in [0.25, 0.3) is 0 Å². The number of carbonyl (C=O) groups excluding carboxylic acids is 1. The molecule has 0 radical (unpaired) electrons. The highest BCUT2D eigenvalue weighted by Crippen LogP contribution is 2.19. The zero-order valence-corrected chi connectivity index (χ0v) is 11.1. The largest absolute Gasteiger partial charge is 0.351 e. The van der Waals surface area contributed by atoms with Crippen molar-refractivity contribution >= 4 is 17.2 Å². The third kappa shape index (κ3) is 3.70. The first-order valence-electron chi connectivity index (χ1n) is 6.28. The van der Waals surface area contributed by atoms with Gasteiger partial charge >= 0.3 is 0 Å². The van der Waals surface area contributed by atoms with Crippen LogP contribution in [0.4, 0.5) is 0 Å². The molecule has 0 aromatic carbocycles. The molecule has 0 saturated carbocycles. The maximum Gasteiger partial charge on any atom is 0.261 e. The predicted octanol–water partition coefficient (Wildman–Crippen LogP) is 3.68. The van der Waals surface area contributed by atoms with Crippen molar-refractivity contribution < 1.29 is 4.79 Å². The Hall–Kier alpha value is -1.09. The van der Waals surface area contributed by atoms with Gasteiger partial charge in [-0.05, 0) is 51.2 Å². The van der Waals surface area contributed by atoms with Gasteiger partial charge in [0.25, 0.3) is 5.91 Å². The smallest absolute Gasteiger partial charge is 0.261 e. The van der Waals surface area contributed by atoms with E-state index in [-0.39, 0.29) is 5.91 Å². The summed E-state index contributed by atoms with van der Waals surface area (Å²) in [6.07, 6.45) is 8.41. The number of amides is 1. The van der Waals surface area contributed by atoms with Gasteiger partial charge in [0, 0.05) is 11.4 Å². The first-order chi connectivity index (χ1) is 8.25. The highest BCUT2D eigenvalue weighted by molar-refractivity contribution is 7.13. The van der Waals surface area contributed by atoms with E-state index in [0.29, 0.717) is 0 Å². The molecular formula is C14H19NOS. The van der Waals surface area contributed by atoms with E-state index in [1.165, 1.54) is 36.1 Å². The topological polar surface area (TPSA) is 29.1 Å². The lowest BCUT2D eigenvalue weighted by molar-refractivity contribution is 0.0958. The fourth-order valence-corrected chi connectivity index (χ4v) is 2.90. The monoisotopic (exact) mass is 249 g/mol. The predicted molar refractivity (Wildman–Crippen MR) is 72.6 cm³/mol. The maximum absolute atomic E-state index is 11.8. The minimum absolute atomic E-state index is 0.0690. The quantitative estimate of drug-likeness (QED) is 0.810. The van der Waals surface area contributed by atoms with Gasteiger partial charge < -0.3 is 5.32 Å². The number of allylic oxidation sites excluding steroid dienone is 1. The standard InChI is InChI=1S/C14H19NOS/c1-11-7-8-13(17-11)14(16)15-10-9-12-5-3-2-4-6-12/h5,7-8H,2-4,6,9-10H2,1H3,(H,15,16). The molecule has 2 nitrogen and oxygen atoms in total. The summed E-state index contributed by atoms with van der Waals surface area (Å²) in [6.45, 7) is 2.79. The normalized spacial score (nSPS) is 15.5. The number of nitrogens with one attached hydrogen (secondary N) is 1. The first kappa shape index (κ1) is 12.4. The van der Waals surface area contributed by atoms with Gasteiger partial charge in [0.1, 0.15) is 0 Å². The molecule has 1 heterocycles. The zero-order valence-electron chi connectivity index (χ0n) is 10.3. The molecule has 0 atom stereocenters. The Morgan fingerprint density at radius 1 is 1.41 bits per heavy atom. The minimum Gasteiger partial charge on any atom is -0.351 e. The Bertz CT molecular complexity index is 420. The Morgan fingerprint density at radius 3 is 2.94 bits per heavy atom. The number of rotatable bonds is 4. The molecule has 0 saturated heterocycles. The van der Waals surface area contributed by atoms with Crippen LogP contribution in [0.3, 0.4) is 0 Å². The van der Waals surface area contributed by atoms with E-state index in [0.717, 1.165) is 17.8 Å². The van der Waals surface area contributed by atoms with Crippen LogP contribution in [0.2, 0.25) is 0 Å². The van der Waals surface area contributed by atoms with Crippen molar-refractivity contribution in [3.8, 4) is 0 Å². The first-order valence-corrected chi connectivity index (χ1v) is 7.10. The van der Waals surface area contributed by atoms with E-state index in [9.17, 15) is 4.79 Å². The van der Waals surface area contributed by atoms with Gasteiger partial charge in [0.15, 0.2) is 0 Å². The van der Waals surface area contributed by atoms with Crippen molar-refractivity contribution in [2.45, 2.75) is 39.0 Å². The molecule has 92 valence electrons. The lowest BCUT2D eigenvalue weighted by Crippen LogP contribution is -2.23. The van der Waals surface area contributed by atoms with E-state index in [1.54, 1.807) is 11.3 Å². The average Bonchev–Trinajstić information content (AvgIpc) is 2.77. The summed E-state index contributed by atoms with van der Waals surface area (Å²) in [6, 6.07) is 3.89. The molecule has 1 N–H and O–H groups in total. The number of hydrogen-bond acceptors (Lipinski definition) is 2. The van der Waals surface area contributed by atoms with E-state index in [1.807, 2.05) is 19.1 Å². The van der Waals surface area contributed by atoms with Crippen molar-refractivity contribution in [1.82, 2.24) is 5.32 Å². The lowest BCUT2D eigenvalue weighted by atomic mass is 9.97. The van der Waals surface area contributed by atoms with Crippen molar-refractivity contribution in [3.05, 3.63) is 33.5 Å². The van der Waals surface area contributed by atoms with Crippen LogP contribution < -0.4 is 5.32 Å². The number of aryl methyl sites for hydroxylation is 1. The van der Waals surface area contributed by atoms with Crippen LogP contribution >= 0.6 is 11.3 Å². The SMILES string of the molecule is Cc1ccc(C(=O)NCCC2=CCCCC2)s1. The summed E-state index contributed by atoms with van der Waals surface area (Å²) in [7, 11) is 0. The summed E-state index contributed by atoms with van der Waals surface area (Å²) < 4.78 is 0. The molecule has 2 rings (SSSR count). The Kier molecular flexibility index (Phi) is 4.37. The Morgan fingerprint density at radius 2 is 2.29 bits per heavy atom. The van der Waals surface area contributed by atoms with Gasteiger partial charge in [-0.3, -0.25) is 4.79 Å². The van der Waals surface area contributed by atoms with Crippen LogP contribution in [-0.4, -0.2) is 12.5 Å². The van der Waals surface area contributed by atoms with Crippen molar-refractivity contribution in [2.24, 2.45) is 0 Å². The van der Waals surface area contributed by atoms with Gasteiger partial charge in [-0.25, -0.2) is 0 Å². The molecule has 0 aliphatic heterocycles. The van der Waals surface area contributed by atoms with Crippen molar-refractivity contribution in [2.75, 3.05) is 6.54 Å². The summed E-state index contributed by atoms with van der Waals surface area (Å²) in [5.41, 5.74) is 1.51. The molecule has 1 aliphatic carbocycles. The van der Waals surface area contributed by atoms with Crippen LogP contribution in [0.1, 0.15) is 46.7 Å². The Balaban J connectivity index is 1.75. The second-order valence-corrected chi connectivity index (χ2v) is 5.81. The molecule has 0 bridgehead atoms. The highest BCUT2D eigenvalue weighted by Gasteiger charge is 2.08. The second-order valence-electron chi connectivity index (χ2n) is 4.52. The van der Waals surface area contributed by atoms with Gasteiger partial charge in [0.2, 0.25) is 0 Å². The van der Waals surface area contributed by atoms with Crippen molar-refractivity contribution in [3.63, 3.8) is 0 Å². The zero-order chi connectivity index (χ0) is 12.1. The van der Waals surface area contributed by atoms with Crippen LogP contribution in [0.5, 0.6) is 0 Å². The molecule has 0 fully saturated rings. The third-order valence-electron chi connectivity index (χ3n) is 3.08. The molecule has 17 heavy (non-hydrogen) atoms. The molecular weight excluding hydrogens is 230 g/mol. The summed E-state index contributed by atoms with van der Waals surface area (Å²) in [4.78, 5) is 13.8. The highest BCUT2D eigenvalue weighted by atomic mass is 32.1. The van der Waals surface area contributed by atoms with Crippen molar-refractivity contribution in [1.29, 1.82) is 0 Å². The Labute approximate surface area is 107 Å². The van der Waals surface area contributed by atoms with Gasteiger partial charge in [-0.1, -0.05) is 11.6 Å². The van der Waals surface area contributed by atoms with Gasteiger partial charge in [-0.15, -0.1) is 11.3 Å². The van der Waals surface area contributed by atoms with Gasteiger partial charge in [0.05, 0.1) is 4.88 Å². The maximum atomic E-state index is 11.8. The number of hydrogen-bond donors (Lipinski definition) is 1. The molecule has 0 spiro atoms. The van der Waals surface area contributed by atoms with Crippen LogP contribution in [0.15, 0.2) is 23.8 Å². The second kappa shape index (κ2) is 6.01. The molecule has 1 amide bonds. The fraction of sp³-hybridized carbons (Fsp3) is 0.500. The summed E-state index contributed by atoms with van der Waals surface area (Å²) >= 11 is 1.56. The molecule has 1 aromatic heterocycles. The lowest BCUT2D eigenvalue weighted by Gasteiger charge is -2.12. The number of thiophene rings is 1. The van der Waals surface area contributed by atoms with E-state index < -0.39 is 0 Å². The summed E-state index contributed by atoms with van der Waals surface area (Å²) in [5, 5.41) is 2.99. The van der Waals surface area contributed by atoms with Gasteiger partial charge in [-0.2, -0.15) is 0 Å². The molecule has 0 unspecified atom stereocenters. The average molecular weight is 249 g/mol. The van der Waals surface area contributed by atoms with Crippen LogP contribution in [0, 0.1) is 6.92 Å². The number of carbonyl (C=O) groups is 1. The summed E-state index contributed by atoms with van der Waals surface area (Å²) in [5.74, 6) is 0.0690. The minimum atomic E-state index is 0.0690. The molecule has 3 heteroatoms. The molecule has 1 aliphatic rings. The molecule has 1 aromatic rings. The van der Waals surface area contributed by atoms with Crippen LogP contribution in [-0.2, 0) is 0 Å². The van der Waals surface area contributed by atoms with E-state index in [4.69, 9.17) is 0 Å². The third-order valence-corrected chi connectivity index (χ3v) is 4.08.